The summed E-state index contributed by atoms with van der Waals surface area (Å²) in [5.41, 5.74) is 6.90. The van der Waals surface area contributed by atoms with Crippen LogP contribution < -0.4 is 19.7 Å². The zero-order valence-electron chi connectivity index (χ0n) is 17.0. The molecule has 0 radical (unpaired) electrons. The Morgan fingerprint density at radius 1 is 1.07 bits per heavy atom. The number of hydrogen-bond acceptors (Lipinski definition) is 5. The van der Waals surface area contributed by atoms with Gasteiger partial charge in [0.2, 0.25) is 0 Å². The average molecular weight is 433 g/mol. The van der Waals surface area contributed by atoms with Gasteiger partial charge in [0, 0.05) is 37.9 Å². The summed E-state index contributed by atoms with van der Waals surface area (Å²) in [6.07, 6.45) is 3.20. The van der Waals surface area contributed by atoms with E-state index in [1.165, 1.54) is 12.1 Å². The summed E-state index contributed by atoms with van der Waals surface area (Å²) in [5, 5.41) is 0. The summed E-state index contributed by atoms with van der Waals surface area (Å²) in [4.78, 5) is 16.0. The number of carbonyl (C=O) groups excluding carboxylic acids is 1. The van der Waals surface area contributed by atoms with Gasteiger partial charge in [-0.3, -0.25) is 4.90 Å². The number of primary amides is 1. The Hall–Kier alpha value is -2.45. The van der Waals surface area contributed by atoms with E-state index in [4.69, 9.17) is 10.5 Å². The Kier molecular flexibility index (Phi) is 8.21. The molecule has 2 amide bonds. The average Bonchev–Trinajstić information content (AvgIpc) is 2.77. The summed E-state index contributed by atoms with van der Waals surface area (Å²) in [6.45, 7) is 5.71. The highest BCUT2D eigenvalue weighted by atomic mass is 32.1. The molecule has 2 N–H and O–H groups in total. The van der Waals surface area contributed by atoms with Crippen molar-refractivity contribution < 1.29 is 13.9 Å². The Balaban J connectivity index is 1.29. The van der Waals surface area contributed by atoms with E-state index in [2.05, 4.69) is 22.6 Å². The van der Waals surface area contributed by atoms with Crippen LogP contribution in [0, 0.1) is 5.82 Å². The molecule has 162 valence electrons. The number of rotatable bonds is 9. The number of carbonyl (C=O) groups is 1. The third-order valence-corrected chi connectivity index (χ3v) is 5.65. The van der Waals surface area contributed by atoms with Gasteiger partial charge < -0.3 is 15.4 Å². The maximum Gasteiger partial charge on any atom is 0.329 e. The molecule has 1 aliphatic heterocycles. The molecule has 8 heteroatoms. The molecule has 6 nitrogen and oxygen atoms in total. The first kappa shape index (κ1) is 22.2. The molecule has 0 aliphatic carbocycles. The first-order chi connectivity index (χ1) is 14.5. The molecular weight excluding hydrogens is 403 g/mol. The maximum absolute atomic E-state index is 13.1. The molecule has 0 atom stereocenters. The minimum atomic E-state index is -0.631. The second kappa shape index (κ2) is 11.1. The normalized spacial score (nSPS) is 14.5. The Labute approximate surface area is 182 Å². The van der Waals surface area contributed by atoms with Gasteiger partial charge in [-0.15, -0.1) is 0 Å². The van der Waals surface area contributed by atoms with Gasteiger partial charge in [0.1, 0.15) is 11.6 Å². The van der Waals surface area contributed by atoms with Crippen LogP contribution in [0.3, 0.4) is 0 Å². The first-order valence-electron chi connectivity index (χ1n) is 10.3. The van der Waals surface area contributed by atoms with E-state index in [1.54, 1.807) is 12.1 Å². The lowest BCUT2D eigenvalue weighted by molar-refractivity contribution is 0.246. The van der Waals surface area contributed by atoms with Crippen molar-refractivity contribution in [2.24, 2.45) is 5.73 Å². The van der Waals surface area contributed by atoms with E-state index in [-0.39, 0.29) is 5.82 Å². The van der Waals surface area contributed by atoms with Crippen LogP contribution in [0.4, 0.5) is 20.6 Å². The molecule has 0 bridgehead atoms. The fourth-order valence-electron chi connectivity index (χ4n) is 3.52. The van der Waals surface area contributed by atoms with E-state index in [1.807, 2.05) is 24.3 Å². The highest BCUT2D eigenvalue weighted by molar-refractivity contribution is 7.82. The number of piperazine rings is 1. The predicted molar refractivity (Wildman–Crippen MR) is 122 cm³/mol. The lowest BCUT2D eigenvalue weighted by Crippen LogP contribution is -2.46. The van der Waals surface area contributed by atoms with E-state index >= 15 is 0 Å². The molecule has 2 aromatic carbocycles. The SMILES string of the molecule is NC(=O)N(S)c1cccc(OCCCCCN2CCN(c3ccc(F)cc3)CC2)c1. The van der Waals surface area contributed by atoms with Gasteiger partial charge in [0.05, 0.1) is 12.3 Å². The van der Waals surface area contributed by atoms with Gasteiger partial charge in [-0.05, 0) is 62.2 Å². The van der Waals surface area contributed by atoms with Crippen LogP contribution in [0.1, 0.15) is 19.3 Å². The van der Waals surface area contributed by atoms with Crippen molar-refractivity contribution in [1.82, 2.24) is 4.90 Å². The van der Waals surface area contributed by atoms with Crippen LogP contribution in [0.25, 0.3) is 0 Å². The smallest absolute Gasteiger partial charge is 0.329 e. The van der Waals surface area contributed by atoms with Crippen molar-refractivity contribution in [3.05, 3.63) is 54.3 Å². The zero-order valence-corrected chi connectivity index (χ0v) is 17.9. The highest BCUT2D eigenvalue weighted by Gasteiger charge is 2.16. The molecule has 2 aromatic rings. The van der Waals surface area contributed by atoms with Crippen LogP contribution in [0.15, 0.2) is 48.5 Å². The molecular formula is C22H29FN4O2S. The number of nitrogens with two attached hydrogens (primary N) is 1. The van der Waals surface area contributed by atoms with Crippen LogP contribution >= 0.6 is 12.8 Å². The lowest BCUT2D eigenvalue weighted by Gasteiger charge is -2.36. The predicted octanol–water partition coefficient (Wildman–Crippen LogP) is 3.93. The number of halogens is 1. The van der Waals surface area contributed by atoms with Crippen molar-refractivity contribution in [2.45, 2.75) is 19.3 Å². The number of urea groups is 1. The topological polar surface area (TPSA) is 62.0 Å². The summed E-state index contributed by atoms with van der Waals surface area (Å²) >= 11 is 4.06. The van der Waals surface area contributed by atoms with Gasteiger partial charge in [-0.25, -0.2) is 13.5 Å². The molecule has 1 heterocycles. The molecule has 0 aromatic heterocycles. The van der Waals surface area contributed by atoms with Gasteiger partial charge in [-0.1, -0.05) is 18.9 Å². The lowest BCUT2D eigenvalue weighted by atomic mass is 10.2. The third-order valence-electron chi connectivity index (χ3n) is 5.22. The number of hydrogen-bond donors (Lipinski definition) is 2. The number of thiol groups is 1. The van der Waals surface area contributed by atoms with Crippen LogP contribution in [-0.2, 0) is 0 Å². The number of anilines is 2. The van der Waals surface area contributed by atoms with Crippen LogP contribution in [0.2, 0.25) is 0 Å². The van der Waals surface area contributed by atoms with Crippen molar-refractivity contribution in [2.75, 3.05) is 48.5 Å². The van der Waals surface area contributed by atoms with Crippen molar-refractivity contribution in [3.8, 4) is 5.75 Å². The highest BCUT2D eigenvalue weighted by Crippen LogP contribution is 2.22. The van der Waals surface area contributed by atoms with Crippen molar-refractivity contribution in [1.29, 1.82) is 0 Å². The number of nitrogens with zero attached hydrogens (tertiary/aromatic N) is 3. The van der Waals surface area contributed by atoms with Gasteiger partial charge in [0.15, 0.2) is 0 Å². The Bertz CT molecular complexity index is 813. The number of ether oxygens (including phenoxy) is 1. The molecule has 1 saturated heterocycles. The van der Waals surface area contributed by atoms with Gasteiger partial charge in [-0.2, -0.15) is 0 Å². The molecule has 0 saturated carbocycles. The maximum atomic E-state index is 13.1. The van der Waals surface area contributed by atoms with E-state index in [9.17, 15) is 9.18 Å². The standard InChI is InChI=1S/C22H29FN4O2S/c23-18-7-9-19(10-8-18)26-14-12-25(13-15-26)11-2-1-3-16-29-21-6-4-5-20(17-21)27(30)22(24)28/h4-10,17,30H,1-3,11-16H2,(H2,24,28). The largest absolute Gasteiger partial charge is 0.494 e. The van der Waals surface area contributed by atoms with Gasteiger partial charge >= 0.3 is 6.03 Å². The Morgan fingerprint density at radius 2 is 1.80 bits per heavy atom. The first-order valence-corrected chi connectivity index (χ1v) is 10.7. The minimum absolute atomic E-state index is 0.191. The molecule has 1 aliphatic rings. The Morgan fingerprint density at radius 3 is 2.50 bits per heavy atom. The molecule has 0 spiro atoms. The second-order valence-corrected chi connectivity index (χ2v) is 7.76. The summed E-state index contributed by atoms with van der Waals surface area (Å²) in [7, 11) is 0. The summed E-state index contributed by atoms with van der Waals surface area (Å²) < 4.78 is 19.9. The minimum Gasteiger partial charge on any atom is -0.494 e. The van der Waals surface area contributed by atoms with Crippen LogP contribution in [0.5, 0.6) is 5.75 Å². The summed E-state index contributed by atoms with van der Waals surface area (Å²) in [6, 6.07) is 13.3. The fourth-order valence-corrected chi connectivity index (χ4v) is 3.64. The second-order valence-electron chi connectivity index (χ2n) is 7.36. The fraction of sp³-hybridized carbons (Fsp3) is 0.409. The summed E-state index contributed by atoms with van der Waals surface area (Å²) in [5.74, 6) is 0.508. The quantitative estimate of drug-likeness (QED) is 0.466. The molecule has 30 heavy (non-hydrogen) atoms. The molecule has 3 rings (SSSR count). The van der Waals surface area contributed by atoms with Gasteiger partial charge in [0.25, 0.3) is 0 Å². The van der Waals surface area contributed by atoms with Crippen molar-refractivity contribution in [3.63, 3.8) is 0 Å². The van der Waals surface area contributed by atoms with E-state index in [0.717, 1.165) is 62.0 Å². The van der Waals surface area contributed by atoms with E-state index in [0.29, 0.717) is 18.0 Å². The monoisotopic (exact) mass is 432 g/mol. The van der Waals surface area contributed by atoms with Crippen LogP contribution in [-0.4, -0.2) is 50.3 Å². The molecule has 0 unspecified atom stereocenters. The molecule has 1 fully saturated rings. The zero-order chi connectivity index (χ0) is 21.3. The number of unbranched alkanes of at least 4 members (excludes halogenated alkanes) is 2. The number of benzene rings is 2. The third kappa shape index (κ3) is 6.53. The van der Waals surface area contributed by atoms with Crippen molar-refractivity contribution >= 4 is 30.2 Å². The van der Waals surface area contributed by atoms with E-state index < -0.39 is 6.03 Å². The number of amides is 2.